The predicted octanol–water partition coefficient (Wildman–Crippen LogP) is 3.29. The van der Waals surface area contributed by atoms with Crippen LogP contribution in [0.25, 0.3) is 11.3 Å². The number of halogens is 1. The van der Waals surface area contributed by atoms with Crippen LogP contribution in [0.1, 0.15) is 30.4 Å². The Morgan fingerprint density at radius 3 is 2.74 bits per heavy atom. The second kappa shape index (κ2) is 4.78. The molecule has 0 spiro atoms. The first kappa shape index (κ1) is 12.4. The fourth-order valence-electron chi connectivity index (χ4n) is 2.70. The van der Waals surface area contributed by atoms with Crippen LogP contribution in [-0.2, 0) is 12.8 Å². The fourth-order valence-corrected chi connectivity index (χ4v) is 3.02. The first-order valence-corrected chi connectivity index (χ1v) is 6.89. The van der Waals surface area contributed by atoms with Crippen molar-refractivity contribution in [3.05, 3.63) is 28.3 Å². The van der Waals surface area contributed by atoms with Gasteiger partial charge in [0.15, 0.2) is 0 Å². The van der Waals surface area contributed by atoms with Crippen molar-refractivity contribution < 1.29 is 5.11 Å². The van der Waals surface area contributed by atoms with E-state index in [0.717, 1.165) is 24.8 Å². The average molecular weight is 278 g/mol. The van der Waals surface area contributed by atoms with Gasteiger partial charge in [0.25, 0.3) is 0 Å². The Bertz CT molecular complexity index is 621. The summed E-state index contributed by atoms with van der Waals surface area (Å²) in [5.41, 5.74) is 9.30. The van der Waals surface area contributed by atoms with Crippen molar-refractivity contribution in [1.82, 2.24) is 10.2 Å². The van der Waals surface area contributed by atoms with E-state index in [0.29, 0.717) is 22.1 Å². The van der Waals surface area contributed by atoms with Crippen LogP contribution in [0.15, 0.2) is 12.1 Å². The largest absolute Gasteiger partial charge is 0.506 e. The lowest BCUT2D eigenvalue weighted by Crippen LogP contribution is -1.95. The number of H-pyrrole nitrogens is 1. The number of hydrogen-bond acceptors (Lipinski definition) is 3. The summed E-state index contributed by atoms with van der Waals surface area (Å²) in [6, 6.07) is 3.71. The Morgan fingerprint density at radius 2 is 2.00 bits per heavy atom. The Morgan fingerprint density at radius 1 is 1.21 bits per heavy atom. The summed E-state index contributed by atoms with van der Waals surface area (Å²) in [6.45, 7) is 0. The first-order chi connectivity index (χ1) is 9.16. The van der Waals surface area contributed by atoms with E-state index in [2.05, 4.69) is 10.2 Å². The molecule has 0 saturated carbocycles. The molecular weight excluding hydrogens is 262 g/mol. The summed E-state index contributed by atoms with van der Waals surface area (Å²) in [6.07, 6.45) is 5.44. The normalized spacial score (nSPS) is 15.0. The minimum Gasteiger partial charge on any atom is -0.506 e. The van der Waals surface area contributed by atoms with Gasteiger partial charge in [0.2, 0.25) is 0 Å². The van der Waals surface area contributed by atoms with E-state index >= 15 is 0 Å². The zero-order chi connectivity index (χ0) is 13.4. The summed E-state index contributed by atoms with van der Waals surface area (Å²) >= 11 is 6.33. The number of aromatic amines is 1. The molecule has 4 nitrogen and oxygen atoms in total. The molecule has 5 heteroatoms. The molecule has 0 atom stereocenters. The van der Waals surface area contributed by atoms with Crippen molar-refractivity contribution in [3.63, 3.8) is 0 Å². The Balaban J connectivity index is 2.16. The summed E-state index contributed by atoms with van der Waals surface area (Å²) < 4.78 is 0. The molecule has 0 aliphatic heterocycles. The maximum Gasteiger partial charge on any atom is 0.145 e. The number of aromatic nitrogens is 2. The quantitative estimate of drug-likeness (QED) is 0.700. The minimum absolute atomic E-state index is 0.117. The maximum atomic E-state index is 10.3. The predicted molar refractivity (Wildman–Crippen MR) is 76.4 cm³/mol. The van der Waals surface area contributed by atoms with Gasteiger partial charge in [0.05, 0.1) is 10.7 Å². The monoisotopic (exact) mass is 277 g/mol. The van der Waals surface area contributed by atoms with E-state index in [1.165, 1.54) is 18.4 Å². The van der Waals surface area contributed by atoms with Crippen molar-refractivity contribution in [2.45, 2.75) is 32.1 Å². The molecule has 0 bridgehead atoms. The third-order valence-corrected chi connectivity index (χ3v) is 4.10. The third-order valence-electron chi connectivity index (χ3n) is 3.69. The number of nitrogens with zero attached hydrogens (tertiary/aromatic N) is 1. The minimum atomic E-state index is 0.117. The number of phenolic OH excluding ortho intramolecular Hbond substituents is 1. The van der Waals surface area contributed by atoms with Crippen LogP contribution in [0, 0.1) is 0 Å². The molecule has 19 heavy (non-hydrogen) atoms. The van der Waals surface area contributed by atoms with Crippen LogP contribution >= 0.6 is 11.6 Å². The van der Waals surface area contributed by atoms with E-state index < -0.39 is 0 Å². The lowest BCUT2D eigenvalue weighted by molar-refractivity contribution is 0.476. The van der Waals surface area contributed by atoms with Crippen molar-refractivity contribution in [1.29, 1.82) is 0 Å². The molecule has 4 N–H and O–H groups in total. The molecule has 100 valence electrons. The lowest BCUT2D eigenvalue weighted by atomic mass is 9.97. The topological polar surface area (TPSA) is 74.9 Å². The number of aryl methyl sites for hydroxylation is 1. The molecule has 1 aromatic carbocycles. The molecule has 1 aliphatic rings. The van der Waals surface area contributed by atoms with Gasteiger partial charge in [-0.2, -0.15) is 5.10 Å². The summed E-state index contributed by atoms with van der Waals surface area (Å²) in [7, 11) is 0. The van der Waals surface area contributed by atoms with Crippen LogP contribution in [0.4, 0.5) is 5.82 Å². The van der Waals surface area contributed by atoms with E-state index in [1.54, 1.807) is 6.07 Å². The average Bonchev–Trinajstić information content (AvgIpc) is 2.69. The second-order valence-corrected chi connectivity index (χ2v) is 5.37. The number of nitrogens with one attached hydrogen (secondary N) is 1. The highest BCUT2D eigenvalue weighted by Crippen LogP contribution is 2.41. The molecule has 0 saturated heterocycles. The van der Waals surface area contributed by atoms with Crippen LogP contribution in [0.3, 0.4) is 0 Å². The number of anilines is 1. The third kappa shape index (κ3) is 2.16. The summed E-state index contributed by atoms with van der Waals surface area (Å²) in [5, 5.41) is 17.5. The molecule has 0 radical (unpaired) electrons. The number of fused-ring (bicyclic) bond motifs is 1. The Hall–Kier alpha value is -1.68. The lowest BCUT2D eigenvalue weighted by Gasteiger charge is -2.13. The highest BCUT2D eigenvalue weighted by atomic mass is 35.5. The molecule has 1 aliphatic carbocycles. The number of benzene rings is 1. The van der Waals surface area contributed by atoms with E-state index in [9.17, 15) is 5.11 Å². The molecule has 1 aromatic heterocycles. The highest BCUT2D eigenvalue weighted by Gasteiger charge is 2.19. The van der Waals surface area contributed by atoms with Gasteiger partial charge >= 0.3 is 0 Å². The van der Waals surface area contributed by atoms with Crippen molar-refractivity contribution in [2.24, 2.45) is 0 Å². The number of nitrogen functional groups attached to an aromatic ring is 1. The van der Waals surface area contributed by atoms with Gasteiger partial charge in [-0.15, -0.1) is 0 Å². The summed E-state index contributed by atoms with van der Waals surface area (Å²) in [5.74, 6) is 0.520. The molecule has 1 heterocycles. The zero-order valence-electron chi connectivity index (χ0n) is 10.5. The number of rotatable bonds is 1. The molecule has 3 rings (SSSR count). The number of hydrogen-bond donors (Lipinski definition) is 3. The number of phenols is 1. The first-order valence-electron chi connectivity index (χ1n) is 6.51. The van der Waals surface area contributed by atoms with Crippen LogP contribution in [-0.4, -0.2) is 15.3 Å². The van der Waals surface area contributed by atoms with Gasteiger partial charge in [0, 0.05) is 11.6 Å². The Kier molecular flexibility index (Phi) is 3.11. The van der Waals surface area contributed by atoms with Gasteiger partial charge in [-0.3, -0.25) is 5.10 Å². The van der Waals surface area contributed by atoms with E-state index in [4.69, 9.17) is 17.3 Å². The van der Waals surface area contributed by atoms with Crippen molar-refractivity contribution in [3.8, 4) is 17.0 Å². The second-order valence-electron chi connectivity index (χ2n) is 4.99. The van der Waals surface area contributed by atoms with Gasteiger partial charge in [-0.25, -0.2) is 0 Å². The number of nitrogens with two attached hydrogens (primary N) is 1. The zero-order valence-corrected chi connectivity index (χ0v) is 11.3. The van der Waals surface area contributed by atoms with Crippen molar-refractivity contribution in [2.75, 3.05) is 5.73 Å². The van der Waals surface area contributed by atoms with Crippen LogP contribution in [0.5, 0.6) is 5.75 Å². The number of aromatic hydroxyl groups is 1. The molecular formula is C14H16ClN3O. The van der Waals surface area contributed by atoms with Gasteiger partial charge in [-0.05, 0) is 42.9 Å². The van der Waals surface area contributed by atoms with E-state index in [1.807, 2.05) is 6.07 Å². The van der Waals surface area contributed by atoms with E-state index in [-0.39, 0.29) is 5.75 Å². The maximum absolute atomic E-state index is 10.3. The molecule has 2 aromatic rings. The molecule has 0 unspecified atom stereocenters. The van der Waals surface area contributed by atoms with Gasteiger partial charge in [0.1, 0.15) is 11.6 Å². The van der Waals surface area contributed by atoms with Crippen LogP contribution < -0.4 is 5.73 Å². The van der Waals surface area contributed by atoms with Crippen LogP contribution in [0.2, 0.25) is 5.02 Å². The Labute approximate surface area is 116 Å². The standard InChI is InChI=1S/C14H16ClN3O/c15-13-9-5-3-1-2-4-8(9)6-10(14(13)19)11-7-12(16)18-17-11/h6-7,19H,1-5H2,(H3,16,17,18). The van der Waals surface area contributed by atoms with Crippen molar-refractivity contribution >= 4 is 17.4 Å². The smallest absolute Gasteiger partial charge is 0.145 e. The molecule has 0 fully saturated rings. The highest BCUT2D eigenvalue weighted by molar-refractivity contribution is 6.33. The molecule has 0 amide bonds. The van der Waals surface area contributed by atoms with Gasteiger partial charge < -0.3 is 10.8 Å². The SMILES string of the molecule is Nc1cc(-c2cc3c(c(Cl)c2O)CCCCC3)[nH]n1. The summed E-state index contributed by atoms with van der Waals surface area (Å²) in [4.78, 5) is 0. The fraction of sp³-hybridized carbons (Fsp3) is 0.357. The van der Waals surface area contributed by atoms with Gasteiger partial charge in [-0.1, -0.05) is 18.0 Å².